The van der Waals surface area contributed by atoms with E-state index in [9.17, 15) is 9.59 Å². The van der Waals surface area contributed by atoms with Crippen molar-refractivity contribution in [3.05, 3.63) is 57.6 Å². The zero-order valence-electron chi connectivity index (χ0n) is 15.6. The molecule has 0 aliphatic heterocycles. The van der Waals surface area contributed by atoms with E-state index in [2.05, 4.69) is 0 Å². The number of aryl methyl sites for hydroxylation is 2. The van der Waals surface area contributed by atoms with Crippen molar-refractivity contribution in [1.82, 2.24) is 0 Å². The second-order valence-electron chi connectivity index (χ2n) is 6.26. The van der Waals surface area contributed by atoms with E-state index in [1.807, 2.05) is 26.8 Å². The van der Waals surface area contributed by atoms with Crippen LogP contribution in [-0.2, 0) is 6.61 Å². The fourth-order valence-electron chi connectivity index (χ4n) is 3.15. The lowest BCUT2D eigenvalue weighted by atomic mass is 9.92. The summed E-state index contributed by atoms with van der Waals surface area (Å²) in [7, 11) is 1.54. The van der Waals surface area contributed by atoms with Gasteiger partial charge in [-0.05, 0) is 75.1 Å². The molecule has 0 aromatic heterocycles. The summed E-state index contributed by atoms with van der Waals surface area (Å²) < 4.78 is 11.3. The lowest BCUT2D eigenvalue weighted by Gasteiger charge is -2.17. The van der Waals surface area contributed by atoms with E-state index in [0.29, 0.717) is 23.7 Å². The molecule has 0 saturated heterocycles. The van der Waals surface area contributed by atoms with Gasteiger partial charge >= 0.3 is 0 Å². The predicted octanol–water partition coefficient (Wildman–Crippen LogP) is 4.60. The Morgan fingerprint density at radius 3 is 2.16 bits per heavy atom. The summed E-state index contributed by atoms with van der Waals surface area (Å²) in [6, 6.07) is 7.14. The van der Waals surface area contributed by atoms with Gasteiger partial charge in [-0.1, -0.05) is 6.07 Å². The van der Waals surface area contributed by atoms with Crippen LogP contribution in [0.15, 0.2) is 24.3 Å². The first-order chi connectivity index (χ1) is 11.8. The molecule has 0 radical (unpaired) electrons. The Morgan fingerprint density at radius 1 is 0.920 bits per heavy atom. The molecule has 2 rings (SSSR count). The molecule has 0 saturated carbocycles. The van der Waals surface area contributed by atoms with Gasteiger partial charge < -0.3 is 9.47 Å². The molecule has 2 aromatic carbocycles. The Balaban J connectivity index is 2.35. The Bertz CT molecular complexity index is 834. The molecule has 4 nitrogen and oxygen atoms in total. The van der Waals surface area contributed by atoms with Crippen molar-refractivity contribution in [1.29, 1.82) is 0 Å². The highest BCUT2D eigenvalue weighted by Gasteiger charge is 2.16. The molecular formula is C21H24O4. The second kappa shape index (κ2) is 7.51. The smallest absolute Gasteiger partial charge is 0.161 e. The zero-order chi connectivity index (χ0) is 18.7. The van der Waals surface area contributed by atoms with Gasteiger partial charge in [0, 0.05) is 11.1 Å². The molecule has 0 spiro atoms. The average Bonchev–Trinajstić information content (AvgIpc) is 2.53. The summed E-state index contributed by atoms with van der Waals surface area (Å²) in [6.45, 7) is 9.33. The van der Waals surface area contributed by atoms with E-state index in [0.717, 1.165) is 27.8 Å². The molecule has 0 bridgehead atoms. The van der Waals surface area contributed by atoms with Crippen molar-refractivity contribution in [3.8, 4) is 11.5 Å². The third-order valence-corrected chi connectivity index (χ3v) is 4.43. The van der Waals surface area contributed by atoms with Gasteiger partial charge in [0.1, 0.15) is 6.61 Å². The minimum absolute atomic E-state index is 0.0267. The Morgan fingerprint density at radius 2 is 1.60 bits per heavy atom. The highest BCUT2D eigenvalue weighted by Crippen LogP contribution is 2.30. The normalized spacial score (nSPS) is 10.5. The highest BCUT2D eigenvalue weighted by atomic mass is 16.5. The zero-order valence-corrected chi connectivity index (χ0v) is 15.6. The summed E-state index contributed by atoms with van der Waals surface area (Å²) in [6.07, 6.45) is 0. The third kappa shape index (κ3) is 3.90. The van der Waals surface area contributed by atoms with Crippen molar-refractivity contribution < 1.29 is 19.1 Å². The van der Waals surface area contributed by atoms with Crippen LogP contribution in [0.1, 0.15) is 56.8 Å². The molecule has 0 unspecified atom stereocenters. The molecule has 0 fully saturated rings. The molecule has 0 atom stereocenters. The maximum absolute atomic E-state index is 11.9. The monoisotopic (exact) mass is 340 g/mol. The average molecular weight is 340 g/mol. The van der Waals surface area contributed by atoms with Crippen LogP contribution >= 0.6 is 0 Å². The van der Waals surface area contributed by atoms with Crippen molar-refractivity contribution in [2.45, 2.75) is 41.2 Å². The van der Waals surface area contributed by atoms with Gasteiger partial charge in [0.2, 0.25) is 0 Å². The fourth-order valence-corrected chi connectivity index (χ4v) is 3.15. The van der Waals surface area contributed by atoms with E-state index in [1.165, 1.54) is 6.92 Å². The van der Waals surface area contributed by atoms with Gasteiger partial charge in [0.05, 0.1) is 7.11 Å². The quantitative estimate of drug-likeness (QED) is 0.721. The number of rotatable bonds is 6. The molecule has 0 heterocycles. The molecular weight excluding hydrogens is 316 g/mol. The van der Waals surface area contributed by atoms with E-state index in [1.54, 1.807) is 32.2 Å². The fraction of sp³-hybridized carbons (Fsp3) is 0.333. The van der Waals surface area contributed by atoms with E-state index >= 15 is 0 Å². The van der Waals surface area contributed by atoms with Crippen LogP contribution in [0.2, 0.25) is 0 Å². The van der Waals surface area contributed by atoms with Gasteiger partial charge in [-0.3, -0.25) is 9.59 Å². The molecule has 0 N–H and O–H groups in total. The summed E-state index contributed by atoms with van der Waals surface area (Å²) in [5.41, 5.74) is 5.33. The lowest BCUT2D eigenvalue weighted by molar-refractivity contribution is 0.100. The minimum Gasteiger partial charge on any atom is -0.493 e. The molecule has 4 heteroatoms. The van der Waals surface area contributed by atoms with Crippen LogP contribution in [0, 0.1) is 20.8 Å². The Labute approximate surface area is 148 Å². The molecule has 2 aromatic rings. The van der Waals surface area contributed by atoms with Gasteiger partial charge in [0.25, 0.3) is 0 Å². The molecule has 0 aliphatic carbocycles. The number of carbonyl (C=O) groups excluding carboxylic acids is 2. The molecule has 132 valence electrons. The predicted molar refractivity (Wildman–Crippen MR) is 98.0 cm³/mol. The summed E-state index contributed by atoms with van der Waals surface area (Å²) in [5.74, 6) is 1.11. The number of carbonyl (C=O) groups is 2. The lowest BCUT2D eigenvalue weighted by Crippen LogP contribution is -2.08. The molecule has 0 amide bonds. The topological polar surface area (TPSA) is 52.6 Å². The van der Waals surface area contributed by atoms with Crippen molar-refractivity contribution in [2.75, 3.05) is 7.11 Å². The Kier molecular flexibility index (Phi) is 5.62. The highest BCUT2D eigenvalue weighted by molar-refractivity contribution is 5.97. The van der Waals surface area contributed by atoms with Crippen molar-refractivity contribution >= 4 is 11.6 Å². The van der Waals surface area contributed by atoms with Crippen molar-refractivity contribution in [2.24, 2.45) is 0 Å². The van der Waals surface area contributed by atoms with Crippen LogP contribution in [0.4, 0.5) is 0 Å². The third-order valence-electron chi connectivity index (χ3n) is 4.43. The first-order valence-corrected chi connectivity index (χ1v) is 8.18. The number of ketones is 2. The van der Waals surface area contributed by atoms with Gasteiger partial charge in [-0.25, -0.2) is 0 Å². The van der Waals surface area contributed by atoms with E-state index in [-0.39, 0.29) is 11.6 Å². The van der Waals surface area contributed by atoms with Gasteiger partial charge in [-0.2, -0.15) is 0 Å². The van der Waals surface area contributed by atoms with Gasteiger partial charge in [-0.15, -0.1) is 0 Å². The first kappa shape index (κ1) is 18.7. The van der Waals surface area contributed by atoms with E-state index in [4.69, 9.17) is 9.47 Å². The maximum atomic E-state index is 11.9. The largest absolute Gasteiger partial charge is 0.493 e. The second-order valence-corrected chi connectivity index (χ2v) is 6.26. The van der Waals surface area contributed by atoms with Crippen molar-refractivity contribution in [3.63, 3.8) is 0 Å². The maximum Gasteiger partial charge on any atom is 0.161 e. The van der Waals surface area contributed by atoms with Crippen LogP contribution in [0.5, 0.6) is 11.5 Å². The summed E-state index contributed by atoms with van der Waals surface area (Å²) in [5, 5.41) is 0. The number of ether oxygens (including phenoxy) is 2. The Hall–Kier alpha value is -2.62. The number of hydrogen-bond donors (Lipinski definition) is 0. The number of benzene rings is 2. The number of hydrogen-bond acceptors (Lipinski definition) is 4. The van der Waals surface area contributed by atoms with E-state index < -0.39 is 0 Å². The number of Topliss-reactive ketones (excluding diaryl/α,β-unsaturated/α-hetero) is 2. The standard InChI is InChI=1S/C21H24O4/c1-12-9-13(2)21(16(5)23)14(3)18(12)11-25-19-8-7-17(15(4)22)10-20(19)24-6/h7-10H,11H2,1-6H3. The summed E-state index contributed by atoms with van der Waals surface area (Å²) in [4.78, 5) is 23.4. The minimum atomic E-state index is -0.0267. The molecule has 0 aliphatic rings. The van der Waals surface area contributed by atoms with Crippen LogP contribution in [0.3, 0.4) is 0 Å². The van der Waals surface area contributed by atoms with Crippen LogP contribution < -0.4 is 9.47 Å². The van der Waals surface area contributed by atoms with Crippen LogP contribution in [-0.4, -0.2) is 18.7 Å². The van der Waals surface area contributed by atoms with Crippen LogP contribution in [0.25, 0.3) is 0 Å². The van der Waals surface area contributed by atoms with Gasteiger partial charge in [0.15, 0.2) is 23.1 Å². The first-order valence-electron chi connectivity index (χ1n) is 8.18. The number of methoxy groups -OCH3 is 1. The SMILES string of the molecule is COc1cc(C(C)=O)ccc1OCc1c(C)cc(C)c(C(C)=O)c1C. The summed E-state index contributed by atoms with van der Waals surface area (Å²) >= 11 is 0. The molecule has 25 heavy (non-hydrogen) atoms.